The van der Waals surface area contributed by atoms with Crippen LogP contribution in [0, 0.1) is 5.41 Å². The molecule has 1 aliphatic rings. The molecule has 0 aromatic heterocycles. The topological polar surface area (TPSA) is 24.5 Å². The smallest absolute Gasteiger partial charge is 0.0586 e. The molecule has 0 aromatic carbocycles. The quantitative estimate of drug-likeness (QED) is 0.772. The number of nitrogens with zero attached hydrogens (tertiary/aromatic N) is 1. The molecule has 1 rings (SSSR count). The number of rotatable bonds is 6. The molecule has 0 bridgehead atoms. The van der Waals surface area contributed by atoms with Crippen molar-refractivity contribution in [2.24, 2.45) is 5.41 Å². The predicted octanol–water partition coefficient (Wildman–Crippen LogP) is 2.12. The lowest BCUT2D eigenvalue weighted by Gasteiger charge is -2.34. The molecule has 0 saturated heterocycles. The first-order chi connectivity index (χ1) is 7.93. The van der Waals surface area contributed by atoms with Crippen LogP contribution in [-0.2, 0) is 4.74 Å². The van der Waals surface area contributed by atoms with Crippen molar-refractivity contribution in [1.29, 1.82) is 0 Å². The summed E-state index contributed by atoms with van der Waals surface area (Å²) in [6.07, 6.45) is 5.48. The SMILES string of the molecule is COC1CCCC(NCC(C)(C)CN(C)C)C1. The first-order valence-corrected chi connectivity index (χ1v) is 6.84. The van der Waals surface area contributed by atoms with Gasteiger partial charge >= 0.3 is 0 Å². The Morgan fingerprint density at radius 2 is 2.00 bits per heavy atom. The fraction of sp³-hybridized carbons (Fsp3) is 1.00. The molecule has 1 saturated carbocycles. The van der Waals surface area contributed by atoms with Crippen LogP contribution < -0.4 is 5.32 Å². The second kappa shape index (κ2) is 6.72. The highest BCUT2D eigenvalue weighted by Crippen LogP contribution is 2.22. The van der Waals surface area contributed by atoms with Crippen molar-refractivity contribution in [1.82, 2.24) is 10.2 Å². The minimum Gasteiger partial charge on any atom is -0.381 e. The minimum atomic E-state index is 0.337. The Hall–Kier alpha value is -0.120. The van der Waals surface area contributed by atoms with Crippen LogP contribution in [0.4, 0.5) is 0 Å². The van der Waals surface area contributed by atoms with Crippen molar-refractivity contribution < 1.29 is 4.74 Å². The highest BCUT2D eigenvalue weighted by molar-refractivity contribution is 4.82. The third-order valence-electron chi connectivity index (χ3n) is 3.57. The van der Waals surface area contributed by atoms with Crippen LogP contribution in [0.1, 0.15) is 39.5 Å². The average Bonchev–Trinajstić information content (AvgIpc) is 2.25. The summed E-state index contributed by atoms with van der Waals surface area (Å²) in [4.78, 5) is 2.26. The maximum atomic E-state index is 5.47. The summed E-state index contributed by atoms with van der Waals surface area (Å²) < 4.78 is 5.47. The lowest BCUT2D eigenvalue weighted by molar-refractivity contribution is 0.0566. The Morgan fingerprint density at radius 1 is 1.29 bits per heavy atom. The van der Waals surface area contributed by atoms with Gasteiger partial charge in [-0.1, -0.05) is 13.8 Å². The van der Waals surface area contributed by atoms with Crippen LogP contribution in [0.3, 0.4) is 0 Å². The van der Waals surface area contributed by atoms with Gasteiger partial charge in [0.25, 0.3) is 0 Å². The summed E-state index contributed by atoms with van der Waals surface area (Å²) in [5.74, 6) is 0. The van der Waals surface area contributed by atoms with Crippen molar-refractivity contribution in [3.63, 3.8) is 0 Å². The van der Waals surface area contributed by atoms with E-state index in [4.69, 9.17) is 4.74 Å². The largest absolute Gasteiger partial charge is 0.381 e. The second-order valence-electron chi connectivity index (χ2n) is 6.50. The highest BCUT2D eigenvalue weighted by atomic mass is 16.5. The second-order valence-corrected chi connectivity index (χ2v) is 6.50. The van der Waals surface area contributed by atoms with E-state index in [1.807, 2.05) is 7.11 Å². The molecule has 102 valence electrons. The van der Waals surface area contributed by atoms with Crippen molar-refractivity contribution >= 4 is 0 Å². The third kappa shape index (κ3) is 5.84. The fourth-order valence-electron chi connectivity index (χ4n) is 2.88. The van der Waals surface area contributed by atoms with E-state index in [0.717, 1.165) is 13.1 Å². The third-order valence-corrected chi connectivity index (χ3v) is 3.57. The van der Waals surface area contributed by atoms with E-state index in [2.05, 4.69) is 38.2 Å². The number of ether oxygens (including phenoxy) is 1. The molecule has 3 nitrogen and oxygen atoms in total. The highest BCUT2D eigenvalue weighted by Gasteiger charge is 2.24. The van der Waals surface area contributed by atoms with Gasteiger partial charge in [0.05, 0.1) is 6.10 Å². The van der Waals surface area contributed by atoms with Gasteiger partial charge in [-0.2, -0.15) is 0 Å². The molecular weight excluding hydrogens is 212 g/mol. The van der Waals surface area contributed by atoms with Gasteiger partial charge in [-0.25, -0.2) is 0 Å². The monoisotopic (exact) mass is 242 g/mol. The molecule has 17 heavy (non-hydrogen) atoms. The summed E-state index contributed by atoms with van der Waals surface area (Å²) in [5, 5.41) is 3.72. The number of hydrogen-bond donors (Lipinski definition) is 1. The maximum absolute atomic E-state index is 5.47. The van der Waals surface area contributed by atoms with Crippen molar-refractivity contribution in [2.45, 2.75) is 51.7 Å². The Kier molecular flexibility index (Phi) is 5.90. The van der Waals surface area contributed by atoms with Crippen molar-refractivity contribution in [2.75, 3.05) is 34.3 Å². The van der Waals surface area contributed by atoms with Gasteiger partial charge in [-0.3, -0.25) is 0 Å². The van der Waals surface area contributed by atoms with Gasteiger partial charge in [0, 0.05) is 26.2 Å². The normalized spacial score (nSPS) is 26.5. The Labute approximate surface area is 107 Å². The summed E-state index contributed by atoms with van der Waals surface area (Å²) in [7, 11) is 6.12. The zero-order chi connectivity index (χ0) is 12.9. The standard InChI is InChI=1S/C14H30N2O/c1-14(2,11-16(3)4)10-15-12-7-6-8-13(9-12)17-5/h12-13,15H,6-11H2,1-5H3. The van der Waals surface area contributed by atoms with Gasteiger partial charge < -0.3 is 15.0 Å². The van der Waals surface area contributed by atoms with Crippen LogP contribution in [0.15, 0.2) is 0 Å². The molecule has 2 atom stereocenters. The number of methoxy groups -OCH3 is 1. The summed E-state index contributed by atoms with van der Waals surface area (Å²) in [6, 6.07) is 0.648. The molecule has 0 aliphatic heterocycles. The van der Waals surface area contributed by atoms with Gasteiger partial charge in [-0.15, -0.1) is 0 Å². The molecule has 0 spiro atoms. The van der Waals surface area contributed by atoms with E-state index in [-0.39, 0.29) is 0 Å². The van der Waals surface area contributed by atoms with E-state index < -0.39 is 0 Å². The maximum Gasteiger partial charge on any atom is 0.0586 e. The molecule has 1 aliphatic carbocycles. The van der Waals surface area contributed by atoms with Gasteiger partial charge in [-0.05, 0) is 45.2 Å². The van der Waals surface area contributed by atoms with Gasteiger partial charge in [0.1, 0.15) is 0 Å². The van der Waals surface area contributed by atoms with Gasteiger partial charge in [0.15, 0.2) is 0 Å². The van der Waals surface area contributed by atoms with E-state index >= 15 is 0 Å². The number of hydrogen-bond acceptors (Lipinski definition) is 3. The Balaban J connectivity index is 2.29. The summed E-state index contributed by atoms with van der Waals surface area (Å²) in [5.41, 5.74) is 0.337. The molecule has 1 N–H and O–H groups in total. The zero-order valence-corrected chi connectivity index (χ0v) is 12.3. The van der Waals surface area contributed by atoms with E-state index in [1.165, 1.54) is 25.7 Å². The fourth-order valence-corrected chi connectivity index (χ4v) is 2.88. The summed E-state index contributed by atoms with van der Waals surface area (Å²) in [6.45, 7) is 6.87. The summed E-state index contributed by atoms with van der Waals surface area (Å²) >= 11 is 0. The van der Waals surface area contributed by atoms with Crippen molar-refractivity contribution in [3.8, 4) is 0 Å². The van der Waals surface area contributed by atoms with Crippen LogP contribution in [0.25, 0.3) is 0 Å². The Morgan fingerprint density at radius 3 is 2.59 bits per heavy atom. The lowest BCUT2D eigenvalue weighted by atomic mass is 9.89. The molecule has 0 heterocycles. The van der Waals surface area contributed by atoms with Gasteiger partial charge in [0.2, 0.25) is 0 Å². The number of nitrogens with one attached hydrogen (secondary N) is 1. The molecule has 0 amide bonds. The van der Waals surface area contributed by atoms with Crippen LogP contribution in [0.2, 0.25) is 0 Å². The molecule has 1 fully saturated rings. The first-order valence-electron chi connectivity index (χ1n) is 6.84. The molecule has 3 heteroatoms. The van der Waals surface area contributed by atoms with Crippen LogP contribution in [-0.4, -0.2) is 51.3 Å². The average molecular weight is 242 g/mol. The van der Waals surface area contributed by atoms with E-state index in [1.54, 1.807) is 0 Å². The van der Waals surface area contributed by atoms with Crippen LogP contribution in [0.5, 0.6) is 0 Å². The van der Waals surface area contributed by atoms with Crippen molar-refractivity contribution in [3.05, 3.63) is 0 Å². The molecule has 0 aromatic rings. The first kappa shape index (κ1) is 14.9. The molecule has 2 unspecified atom stereocenters. The predicted molar refractivity (Wildman–Crippen MR) is 73.4 cm³/mol. The molecule has 0 radical (unpaired) electrons. The molecular formula is C14H30N2O. The lowest BCUT2D eigenvalue weighted by Crippen LogP contribution is -2.44. The Bertz CT molecular complexity index is 216. The van der Waals surface area contributed by atoms with E-state index in [0.29, 0.717) is 17.6 Å². The van der Waals surface area contributed by atoms with Crippen LogP contribution >= 0.6 is 0 Å². The van der Waals surface area contributed by atoms with E-state index in [9.17, 15) is 0 Å². The minimum absolute atomic E-state index is 0.337. The zero-order valence-electron chi connectivity index (χ0n) is 12.3.